The topological polar surface area (TPSA) is 127 Å². The molecule has 5 aromatic rings. The Hall–Kier alpha value is -5.26. The minimum atomic E-state index is -1.10. The smallest absolute Gasteiger partial charge is 0.419 e. The zero-order valence-electron chi connectivity index (χ0n) is 24.7. The molecule has 2 aromatic heterocycles. The van der Waals surface area contributed by atoms with Crippen LogP contribution in [0.4, 0.5) is 4.79 Å². The number of hydrogen-bond donors (Lipinski definition) is 1. The third-order valence-electron chi connectivity index (χ3n) is 7.93. The Morgan fingerprint density at radius 2 is 1.62 bits per heavy atom. The fourth-order valence-corrected chi connectivity index (χ4v) is 5.63. The summed E-state index contributed by atoms with van der Waals surface area (Å²) in [6.07, 6.45) is 2.82. The van der Waals surface area contributed by atoms with Crippen LogP contribution in [-0.4, -0.2) is 51.1 Å². The van der Waals surface area contributed by atoms with E-state index in [4.69, 9.17) is 18.9 Å². The molecule has 230 valence electrons. The number of carbonyl (C=O) groups is 1. The zero-order chi connectivity index (χ0) is 31.4. The summed E-state index contributed by atoms with van der Waals surface area (Å²) in [5, 5.41) is 0. The molecular formula is C34H32N4O7. The van der Waals surface area contributed by atoms with Crippen molar-refractivity contribution >= 4 is 6.09 Å². The van der Waals surface area contributed by atoms with Crippen LogP contribution in [0, 0.1) is 6.92 Å². The highest BCUT2D eigenvalue weighted by molar-refractivity contribution is 5.70. The summed E-state index contributed by atoms with van der Waals surface area (Å²) in [7, 11) is 1.61. The maximum absolute atomic E-state index is 13.0. The predicted molar refractivity (Wildman–Crippen MR) is 164 cm³/mol. The van der Waals surface area contributed by atoms with E-state index in [1.54, 1.807) is 14.0 Å². The second-order valence-corrected chi connectivity index (χ2v) is 10.7. The molecule has 1 aliphatic heterocycles. The largest absolute Gasteiger partial charge is 0.497 e. The molecule has 1 saturated heterocycles. The summed E-state index contributed by atoms with van der Waals surface area (Å²) in [5.74, 6) is 0.698. The molecule has 0 spiro atoms. The number of aryl methyl sites for hydroxylation is 1. The average molecular weight is 609 g/mol. The molecule has 1 fully saturated rings. The Morgan fingerprint density at radius 3 is 2.22 bits per heavy atom. The number of aromatic nitrogens is 4. The summed E-state index contributed by atoms with van der Waals surface area (Å²) in [6.45, 7) is 1.58. The maximum atomic E-state index is 13.0. The van der Waals surface area contributed by atoms with Crippen molar-refractivity contribution in [2.45, 2.75) is 37.4 Å². The van der Waals surface area contributed by atoms with Crippen LogP contribution in [0.1, 0.15) is 34.9 Å². The summed E-state index contributed by atoms with van der Waals surface area (Å²) in [4.78, 5) is 44.1. The molecule has 3 heterocycles. The summed E-state index contributed by atoms with van der Waals surface area (Å²) in [6, 6.07) is 27.3. The van der Waals surface area contributed by atoms with Crippen LogP contribution in [0.2, 0.25) is 0 Å². The third-order valence-corrected chi connectivity index (χ3v) is 7.93. The van der Waals surface area contributed by atoms with E-state index in [-0.39, 0.29) is 13.0 Å². The van der Waals surface area contributed by atoms with Crippen molar-refractivity contribution in [1.82, 2.24) is 19.1 Å². The van der Waals surface area contributed by atoms with Crippen molar-refractivity contribution in [1.29, 1.82) is 0 Å². The molecule has 3 aromatic carbocycles. The highest BCUT2D eigenvalue weighted by Gasteiger charge is 2.44. The molecule has 6 rings (SSSR count). The molecule has 0 radical (unpaired) electrons. The molecule has 0 bridgehead atoms. The van der Waals surface area contributed by atoms with Crippen molar-refractivity contribution in [2.24, 2.45) is 0 Å². The lowest BCUT2D eigenvalue weighted by Crippen LogP contribution is -2.39. The van der Waals surface area contributed by atoms with E-state index >= 15 is 0 Å². The number of imidazole rings is 1. The fourth-order valence-electron chi connectivity index (χ4n) is 5.63. The molecule has 45 heavy (non-hydrogen) atoms. The number of carbonyl (C=O) groups excluding carboxylic acids is 1. The minimum Gasteiger partial charge on any atom is -0.497 e. The van der Waals surface area contributed by atoms with Crippen LogP contribution in [-0.2, 0) is 19.8 Å². The predicted octanol–water partition coefficient (Wildman–Crippen LogP) is 4.40. The molecule has 11 heteroatoms. The Bertz CT molecular complexity index is 1810. The van der Waals surface area contributed by atoms with Gasteiger partial charge < -0.3 is 18.9 Å². The SMILES string of the molecule is COc1ccc(C(OC[C@H]2O[C@@H](n3cc(C)c(=O)[nH]c3=O)C[C@@H]2OC(=O)n2ccnc2)(c2ccccc2)c2ccccc2)cc1. The molecule has 11 nitrogen and oxygen atoms in total. The van der Waals surface area contributed by atoms with Gasteiger partial charge in [0.15, 0.2) is 0 Å². The van der Waals surface area contributed by atoms with E-state index in [0.717, 1.165) is 16.7 Å². The lowest BCUT2D eigenvalue weighted by Gasteiger charge is -2.37. The number of rotatable bonds is 9. The van der Waals surface area contributed by atoms with Crippen LogP contribution < -0.4 is 16.0 Å². The number of hydrogen-bond acceptors (Lipinski definition) is 8. The van der Waals surface area contributed by atoms with E-state index in [0.29, 0.717) is 11.3 Å². The van der Waals surface area contributed by atoms with Crippen LogP contribution in [0.25, 0.3) is 0 Å². The number of ether oxygens (including phenoxy) is 4. The van der Waals surface area contributed by atoms with E-state index < -0.39 is 41.4 Å². The molecule has 0 aliphatic carbocycles. The Balaban J connectivity index is 1.40. The maximum Gasteiger partial charge on any atom is 0.419 e. The van der Waals surface area contributed by atoms with Crippen molar-refractivity contribution < 1.29 is 23.7 Å². The van der Waals surface area contributed by atoms with Gasteiger partial charge in [0.2, 0.25) is 0 Å². The number of aromatic amines is 1. The minimum absolute atomic E-state index is 0.0225. The summed E-state index contributed by atoms with van der Waals surface area (Å²) < 4.78 is 27.2. The lowest BCUT2D eigenvalue weighted by atomic mass is 9.80. The van der Waals surface area contributed by atoms with Crippen molar-refractivity contribution in [2.75, 3.05) is 13.7 Å². The molecule has 3 atom stereocenters. The van der Waals surface area contributed by atoms with Crippen LogP contribution in [0.5, 0.6) is 5.75 Å². The van der Waals surface area contributed by atoms with Crippen molar-refractivity contribution in [3.63, 3.8) is 0 Å². The molecule has 1 N–H and O–H groups in total. The first-order valence-corrected chi connectivity index (χ1v) is 14.4. The second kappa shape index (κ2) is 12.8. The van der Waals surface area contributed by atoms with Gasteiger partial charge in [-0.15, -0.1) is 0 Å². The second-order valence-electron chi connectivity index (χ2n) is 10.7. The molecule has 1 aliphatic rings. The van der Waals surface area contributed by atoms with Gasteiger partial charge in [-0.2, -0.15) is 0 Å². The average Bonchev–Trinajstić information content (AvgIpc) is 3.75. The first-order chi connectivity index (χ1) is 21.9. The van der Waals surface area contributed by atoms with Gasteiger partial charge in [-0.25, -0.2) is 19.1 Å². The van der Waals surface area contributed by atoms with Gasteiger partial charge in [0, 0.05) is 30.6 Å². The number of benzene rings is 3. The molecule has 0 saturated carbocycles. The number of nitrogens with one attached hydrogen (secondary N) is 1. The van der Waals surface area contributed by atoms with Gasteiger partial charge in [-0.3, -0.25) is 14.3 Å². The highest BCUT2D eigenvalue weighted by Crippen LogP contribution is 2.42. The molecule has 0 unspecified atom stereocenters. The Labute approximate surface area is 258 Å². The lowest BCUT2D eigenvalue weighted by molar-refractivity contribution is -0.0953. The van der Waals surface area contributed by atoms with Gasteiger partial charge in [0.25, 0.3) is 5.56 Å². The Kier molecular flexibility index (Phi) is 8.45. The summed E-state index contributed by atoms with van der Waals surface area (Å²) >= 11 is 0. The van der Waals surface area contributed by atoms with Gasteiger partial charge in [-0.05, 0) is 35.7 Å². The summed E-state index contributed by atoms with van der Waals surface area (Å²) in [5.41, 5.74) is 0.725. The van der Waals surface area contributed by atoms with Gasteiger partial charge in [0.1, 0.15) is 36.1 Å². The highest BCUT2D eigenvalue weighted by atomic mass is 16.6. The number of methoxy groups -OCH3 is 1. The van der Waals surface area contributed by atoms with Gasteiger partial charge in [0.05, 0.1) is 13.7 Å². The van der Waals surface area contributed by atoms with E-state index in [1.807, 2.05) is 84.9 Å². The fraction of sp³-hybridized carbons (Fsp3) is 0.235. The normalized spacial score (nSPS) is 18.0. The standard InChI is InChI=1S/C34H32N4O7/c1-23-20-38(32(40)36-31(23)39)30-19-28(45-33(41)37-18-17-35-22-37)29(44-30)21-43-34(24-9-5-3-6-10-24,25-11-7-4-8-12-25)26-13-15-27(42-2)16-14-26/h3-18,20,22,28-30H,19,21H2,1-2H3,(H,36,39,40)/t28-,29+,30+/m0/s1. The third kappa shape index (κ3) is 5.95. The van der Waals surface area contributed by atoms with Crippen molar-refractivity contribution in [3.8, 4) is 5.75 Å². The van der Waals surface area contributed by atoms with E-state index in [9.17, 15) is 14.4 Å². The van der Waals surface area contributed by atoms with Crippen LogP contribution in [0.3, 0.4) is 0 Å². The Morgan fingerprint density at radius 1 is 0.978 bits per heavy atom. The van der Waals surface area contributed by atoms with Crippen molar-refractivity contribution in [3.05, 3.63) is 153 Å². The van der Waals surface area contributed by atoms with E-state index in [1.165, 1.54) is 34.1 Å². The number of nitrogens with zero attached hydrogens (tertiary/aromatic N) is 3. The van der Waals surface area contributed by atoms with Gasteiger partial charge >= 0.3 is 11.8 Å². The van der Waals surface area contributed by atoms with Crippen LogP contribution in [0.15, 0.2) is 119 Å². The van der Waals surface area contributed by atoms with E-state index in [2.05, 4.69) is 9.97 Å². The molecular weight excluding hydrogens is 576 g/mol. The first-order valence-electron chi connectivity index (χ1n) is 14.4. The zero-order valence-corrected chi connectivity index (χ0v) is 24.7. The molecule has 0 amide bonds. The van der Waals surface area contributed by atoms with Gasteiger partial charge in [-0.1, -0.05) is 72.8 Å². The first kappa shape index (κ1) is 29.8. The number of H-pyrrole nitrogens is 1. The quantitative estimate of drug-likeness (QED) is 0.244. The monoisotopic (exact) mass is 608 g/mol. The van der Waals surface area contributed by atoms with Crippen LogP contribution >= 0.6 is 0 Å².